The second-order valence-electron chi connectivity index (χ2n) is 5.06. The number of ether oxygens (including phenoxy) is 2. The molecule has 130 valence electrons. The number of nitrogens with one attached hydrogen (secondary N) is 1. The molecule has 0 saturated heterocycles. The summed E-state index contributed by atoms with van der Waals surface area (Å²) in [6.07, 6.45) is 0.767. The summed E-state index contributed by atoms with van der Waals surface area (Å²) in [6.45, 7) is 1.41. The van der Waals surface area contributed by atoms with E-state index < -0.39 is 0 Å². The maximum atomic E-state index is 11.6. The van der Waals surface area contributed by atoms with Crippen LogP contribution in [0, 0.1) is 0 Å². The molecule has 0 saturated carbocycles. The molecule has 2 aromatic carbocycles. The van der Waals surface area contributed by atoms with Crippen molar-refractivity contribution < 1.29 is 14.3 Å². The zero-order chi connectivity index (χ0) is 16.3. The van der Waals surface area contributed by atoms with Crippen molar-refractivity contribution in [2.24, 2.45) is 0 Å². The van der Waals surface area contributed by atoms with Crippen molar-refractivity contribution in [2.45, 2.75) is 6.42 Å². The van der Waals surface area contributed by atoms with Crippen molar-refractivity contribution in [1.82, 2.24) is 5.32 Å². The highest BCUT2D eigenvalue weighted by molar-refractivity contribution is 5.85. The Morgan fingerprint density at radius 2 is 1.71 bits per heavy atom. The first-order valence-electron chi connectivity index (χ1n) is 7.61. The fourth-order valence-electron chi connectivity index (χ4n) is 1.98. The standard InChI is InChI=1S/C18H22N2O3.ClH/c19-16-8-6-15(7-9-16)10-11-20-18(21)14-22-12-13-23-17-4-2-1-3-5-17;/h1-9H,10-14,19H2,(H,20,21);1H. The van der Waals surface area contributed by atoms with Crippen molar-refractivity contribution >= 4 is 24.0 Å². The number of nitrogens with two attached hydrogens (primary N) is 1. The molecule has 2 aromatic rings. The average molecular weight is 351 g/mol. The van der Waals surface area contributed by atoms with E-state index in [0.29, 0.717) is 19.8 Å². The summed E-state index contributed by atoms with van der Waals surface area (Å²) in [5, 5.41) is 2.82. The van der Waals surface area contributed by atoms with Gasteiger partial charge in [0, 0.05) is 12.2 Å². The number of carbonyl (C=O) groups excluding carboxylic acids is 1. The molecule has 0 aliphatic rings. The minimum atomic E-state index is -0.125. The van der Waals surface area contributed by atoms with Crippen LogP contribution in [0.5, 0.6) is 5.75 Å². The summed E-state index contributed by atoms with van der Waals surface area (Å²) < 4.78 is 10.8. The summed E-state index contributed by atoms with van der Waals surface area (Å²) in [7, 11) is 0. The van der Waals surface area contributed by atoms with Gasteiger partial charge in [0.2, 0.25) is 5.91 Å². The van der Waals surface area contributed by atoms with Crippen LogP contribution in [0.25, 0.3) is 0 Å². The third-order valence-electron chi connectivity index (χ3n) is 3.19. The molecule has 6 heteroatoms. The van der Waals surface area contributed by atoms with Crippen LogP contribution in [0.2, 0.25) is 0 Å². The third-order valence-corrected chi connectivity index (χ3v) is 3.19. The minimum absolute atomic E-state index is 0. The summed E-state index contributed by atoms with van der Waals surface area (Å²) >= 11 is 0. The van der Waals surface area contributed by atoms with Gasteiger partial charge >= 0.3 is 0 Å². The minimum Gasteiger partial charge on any atom is -0.491 e. The normalized spacial score (nSPS) is 9.83. The second kappa shape index (κ2) is 11.3. The fraction of sp³-hybridized carbons (Fsp3) is 0.278. The molecule has 0 aliphatic carbocycles. The maximum Gasteiger partial charge on any atom is 0.246 e. The summed E-state index contributed by atoms with van der Waals surface area (Å²) in [5.74, 6) is 0.671. The quantitative estimate of drug-likeness (QED) is 0.538. The van der Waals surface area contributed by atoms with Crippen molar-refractivity contribution in [2.75, 3.05) is 32.1 Å². The van der Waals surface area contributed by atoms with E-state index in [9.17, 15) is 4.79 Å². The number of amides is 1. The Bertz CT molecular complexity index is 591. The summed E-state index contributed by atoms with van der Waals surface area (Å²) in [4.78, 5) is 11.6. The molecule has 0 unspecified atom stereocenters. The number of para-hydroxylation sites is 1. The van der Waals surface area contributed by atoms with Crippen LogP contribution in [0.3, 0.4) is 0 Å². The molecule has 3 N–H and O–H groups in total. The van der Waals surface area contributed by atoms with Crippen LogP contribution in [0.1, 0.15) is 5.56 Å². The second-order valence-corrected chi connectivity index (χ2v) is 5.06. The lowest BCUT2D eigenvalue weighted by Gasteiger charge is -2.08. The number of halogens is 1. The Labute approximate surface area is 148 Å². The van der Waals surface area contributed by atoms with E-state index >= 15 is 0 Å². The number of rotatable bonds is 9. The Morgan fingerprint density at radius 3 is 2.42 bits per heavy atom. The van der Waals surface area contributed by atoms with Gasteiger partial charge in [0.05, 0.1) is 6.61 Å². The molecule has 0 radical (unpaired) electrons. The molecule has 0 spiro atoms. The molecule has 0 heterocycles. The number of benzene rings is 2. The van der Waals surface area contributed by atoms with Crippen molar-refractivity contribution in [3.63, 3.8) is 0 Å². The van der Waals surface area contributed by atoms with Gasteiger partial charge in [-0.2, -0.15) is 0 Å². The summed E-state index contributed by atoms with van der Waals surface area (Å²) in [6, 6.07) is 17.1. The highest BCUT2D eigenvalue weighted by Gasteiger charge is 2.01. The topological polar surface area (TPSA) is 73.6 Å². The van der Waals surface area contributed by atoms with E-state index in [0.717, 1.165) is 23.4 Å². The van der Waals surface area contributed by atoms with E-state index in [1.54, 1.807) is 0 Å². The molecule has 2 rings (SSSR count). The average Bonchev–Trinajstić information content (AvgIpc) is 2.57. The van der Waals surface area contributed by atoms with Crippen molar-refractivity contribution in [3.8, 4) is 5.75 Å². The van der Waals surface area contributed by atoms with Crippen LogP contribution < -0.4 is 15.8 Å². The monoisotopic (exact) mass is 350 g/mol. The zero-order valence-electron chi connectivity index (χ0n) is 13.4. The molecule has 5 nitrogen and oxygen atoms in total. The van der Waals surface area contributed by atoms with Crippen LogP contribution in [0.15, 0.2) is 54.6 Å². The van der Waals surface area contributed by atoms with Gasteiger partial charge in [-0.15, -0.1) is 12.4 Å². The van der Waals surface area contributed by atoms with Gasteiger partial charge in [-0.05, 0) is 36.2 Å². The molecule has 0 aliphatic heterocycles. The Kier molecular flexibility index (Phi) is 9.34. The molecule has 0 aromatic heterocycles. The highest BCUT2D eigenvalue weighted by atomic mass is 35.5. The molecule has 0 bridgehead atoms. The van der Waals surface area contributed by atoms with E-state index in [1.807, 2.05) is 54.6 Å². The number of anilines is 1. The third kappa shape index (κ3) is 7.85. The first-order chi connectivity index (χ1) is 11.2. The molecule has 1 amide bonds. The largest absolute Gasteiger partial charge is 0.491 e. The van der Waals surface area contributed by atoms with Crippen LogP contribution in [-0.2, 0) is 16.0 Å². The van der Waals surface area contributed by atoms with Gasteiger partial charge in [-0.25, -0.2) is 0 Å². The van der Waals surface area contributed by atoms with Gasteiger partial charge in [0.15, 0.2) is 0 Å². The first kappa shape index (κ1) is 19.8. The molecule has 0 fully saturated rings. The van der Waals surface area contributed by atoms with Crippen molar-refractivity contribution in [1.29, 1.82) is 0 Å². The highest BCUT2D eigenvalue weighted by Crippen LogP contribution is 2.07. The maximum absolute atomic E-state index is 11.6. The van der Waals surface area contributed by atoms with Crippen LogP contribution in [0.4, 0.5) is 5.69 Å². The van der Waals surface area contributed by atoms with Gasteiger partial charge in [0.25, 0.3) is 0 Å². The van der Waals surface area contributed by atoms with E-state index in [4.69, 9.17) is 15.2 Å². The SMILES string of the molecule is Cl.Nc1ccc(CCNC(=O)COCCOc2ccccc2)cc1. The lowest BCUT2D eigenvalue weighted by molar-refractivity contribution is -0.125. The van der Waals surface area contributed by atoms with Gasteiger partial charge in [-0.1, -0.05) is 30.3 Å². The number of nitrogen functional groups attached to an aromatic ring is 1. The van der Waals surface area contributed by atoms with E-state index in [1.165, 1.54) is 0 Å². The molecule has 24 heavy (non-hydrogen) atoms. The predicted octanol–water partition coefficient (Wildman–Crippen LogP) is 2.44. The molecule has 0 atom stereocenters. The van der Waals surface area contributed by atoms with Crippen LogP contribution >= 0.6 is 12.4 Å². The lowest BCUT2D eigenvalue weighted by atomic mass is 10.1. The van der Waals surface area contributed by atoms with Gasteiger partial charge < -0.3 is 20.5 Å². The fourth-order valence-corrected chi connectivity index (χ4v) is 1.98. The lowest BCUT2D eigenvalue weighted by Crippen LogP contribution is -2.30. The number of carbonyl (C=O) groups is 1. The van der Waals surface area contributed by atoms with Gasteiger partial charge in [-0.3, -0.25) is 4.79 Å². The molecular weight excluding hydrogens is 328 g/mol. The smallest absolute Gasteiger partial charge is 0.246 e. The van der Waals surface area contributed by atoms with Crippen LogP contribution in [-0.4, -0.2) is 32.3 Å². The van der Waals surface area contributed by atoms with E-state index in [-0.39, 0.29) is 24.9 Å². The number of hydrogen-bond acceptors (Lipinski definition) is 4. The Hall–Kier alpha value is -2.24. The zero-order valence-corrected chi connectivity index (χ0v) is 14.3. The molecular formula is C18H23ClN2O3. The summed E-state index contributed by atoms with van der Waals surface area (Å²) in [5.41, 5.74) is 7.50. The predicted molar refractivity (Wildman–Crippen MR) is 97.6 cm³/mol. The van der Waals surface area contributed by atoms with E-state index in [2.05, 4.69) is 5.32 Å². The number of hydrogen-bond donors (Lipinski definition) is 2. The Balaban J connectivity index is 0.00000288. The van der Waals surface area contributed by atoms with Crippen molar-refractivity contribution in [3.05, 3.63) is 60.2 Å². The Morgan fingerprint density at radius 1 is 1.00 bits per heavy atom. The first-order valence-corrected chi connectivity index (χ1v) is 7.61. The van der Waals surface area contributed by atoms with Gasteiger partial charge in [0.1, 0.15) is 19.0 Å².